The molecule has 2 nitrogen and oxygen atoms in total. The number of para-hydroxylation sites is 1. The lowest BCUT2D eigenvalue weighted by atomic mass is 10.1. The minimum atomic E-state index is -0.155. The van der Waals surface area contributed by atoms with Crippen LogP contribution in [0.25, 0.3) is 0 Å². The van der Waals surface area contributed by atoms with Crippen LogP contribution >= 0.6 is 39.1 Å². The molecule has 0 aliphatic rings. The predicted molar refractivity (Wildman–Crippen MR) is 82.9 cm³/mol. The SMILES string of the molecule is O=C(Cc1ccc(Br)cc1)Nc1c(Cl)cccc1Cl. The van der Waals surface area contributed by atoms with Gasteiger partial charge in [-0.2, -0.15) is 0 Å². The second-order valence-electron chi connectivity index (χ2n) is 3.95. The largest absolute Gasteiger partial charge is 0.323 e. The third-order valence-electron chi connectivity index (χ3n) is 2.51. The molecule has 2 rings (SSSR count). The van der Waals surface area contributed by atoms with Gasteiger partial charge in [0, 0.05) is 4.47 Å². The van der Waals surface area contributed by atoms with Crippen LogP contribution in [-0.2, 0) is 11.2 Å². The molecule has 0 unspecified atom stereocenters. The molecule has 5 heteroatoms. The first kappa shape index (κ1) is 14.4. The van der Waals surface area contributed by atoms with Crippen molar-refractivity contribution in [1.29, 1.82) is 0 Å². The van der Waals surface area contributed by atoms with E-state index in [1.165, 1.54) is 0 Å². The van der Waals surface area contributed by atoms with Gasteiger partial charge in [0.2, 0.25) is 5.91 Å². The third kappa shape index (κ3) is 3.96. The van der Waals surface area contributed by atoms with Gasteiger partial charge in [0.05, 0.1) is 22.2 Å². The Labute approximate surface area is 129 Å². The summed E-state index contributed by atoms with van der Waals surface area (Å²) in [7, 11) is 0. The normalized spacial score (nSPS) is 10.3. The molecular formula is C14H10BrCl2NO. The van der Waals surface area contributed by atoms with Gasteiger partial charge >= 0.3 is 0 Å². The highest BCUT2D eigenvalue weighted by atomic mass is 79.9. The molecule has 0 spiro atoms. The summed E-state index contributed by atoms with van der Waals surface area (Å²) in [6.45, 7) is 0. The van der Waals surface area contributed by atoms with Gasteiger partial charge in [-0.05, 0) is 29.8 Å². The van der Waals surface area contributed by atoms with Crippen molar-refractivity contribution in [3.63, 3.8) is 0 Å². The van der Waals surface area contributed by atoms with E-state index in [0.29, 0.717) is 15.7 Å². The standard InChI is InChI=1S/C14H10BrCl2NO/c15-10-6-4-9(5-7-10)8-13(19)18-14-11(16)2-1-3-12(14)17/h1-7H,8H2,(H,18,19). The highest BCUT2D eigenvalue weighted by Gasteiger charge is 2.10. The van der Waals surface area contributed by atoms with E-state index in [1.54, 1.807) is 18.2 Å². The van der Waals surface area contributed by atoms with E-state index in [0.717, 1.165) is 10.0 Å². The third-order valence-corrected chi connectivity index (χ3v) is 3.66. The van der Waals surface area contributed by atoms with Crippen LogP contribution in [-0.4, -0.2) is 5.91 Å². The second kappa shape index (κ2) is 6.42. The van der Waals surface area contributed by atoms with Crippen LogP contribution in [0, 0.1) is 0 Å². The molecular weight excluding hydrogens is 349 g/mol. The number of hydrogen-bond donors (Lipinski definition) is 1. The summed E-state index contributed by atoms with van der Waals surface area (Å²) in [5.41, 5.74) is 1.37. The number of amides is 1. The summed E-state index contributed by atoms with van der Waals surface area (Å²) in [6.07, 6.45) is 0.273. The Morgan fingerprint density at radius 2 is 1.63 bits per heavy atom. The number of carbonyl (C=O) groups is 1. The highest BCUT2D eigenvalue weighted by Crippen LogP contribution is 2.29. The maximum Gasteiger partial charge on any atom is 0.228 e. The van der Waals surface area contributed by atoms with Crippen LogP contribution in [0.4, 0.5) is 5.69 Å². The lowest BCUT2D eigenvalue weighted by Gasteiger charge is -2.09. The van der Waals surface area contributed by atoms with E-state index in [2.05, 4.69) is 21.2 Å². The van der Waals surface area contributed by atoms with Gasteiger partial charge < -0.3 is 5.32 Å². The Morgan fingerprint density at radius 3 is 2.21 bits per heavy atom. The molecule has 2 aromatic carbocycles. The molecule has 0 aliphatic carbocycles. The van der Waals surface area contributed by atoms with Crippen molar-refractivity contribution >= 4 is 50.7 Å². The molecule has 0 fully saturated rings. The average molecular weight is 359 g/mol. The molecule has 98 valence electrons. The van der Waals surface area contributed by atoms with Crippen molar-refractivity contribution in [1.82, 2.24) is 0 Å². The van der Waals surface area contributed by atoms with Crippen LogP contribution in [0.1, 0.15) is 5.56 Å². The van der Waals surface area contributed by atoms with E-state index in [-0.39, 0.29) is 12.3 Å². The summed E-state index contributed by atoms with van der Waals surface area (Å²) in [4.78, 5) is 11.9. The van der Waals surface area contributed by atoms with E-state index in [9.17, 15) is 4.79 Å². The molecule has 0 atom stereocenters. The number of rotatable bonds is 3. The highest BCUT2D eigenvalue weighted by molar-refractivity contribution is 9.10. The minimum Gasteiger partial charge on any atom is -0.323 e. The lowest BCUT2D eigenvalue weighted by molar-refractivity contribution is -0.115. The minimum absolute atomic E-state index is 0.155. The van der Waals surface area contributed by atoms with Crippen molar-refractivity contribution in [3.8, 4) is 0 Å². The van der Waals surface area contributed by atoms with E-state index in [1.807, 2.05) is 24.3 Å². The number of anilines is 1. The molecule has 0 saturated heterocycles. The van der Waals surface area contributed by atoms with E-state index in [4.69, 9.17) is 23.2 Å². The number of nitrogens with one attached hydrogen (secondary N) is 1. The Hall–Kier alpha value is -1.03. The summed E-state index contributed by atoms with van der Waals surface area (Å²) >= 11 is 15.3. The van der Waals surface area contributed by atoms with E-state index < -0.39 is 0 Å². The molecule has 0 radical (unpaired) electrons. The first-order valence-electron chi connectivity index (χ1n) is 5.54. The number of hydrogen-bond acceptors (Lipinski definition) is 1. The summed E-state index contributed by atoms with van der Waals surface area (Å²) in [5, 5.41) is 3.58. The second-order valence-corrected chi connectivity index (χ2v) is 5.68. The Morgan fingerprint density at radius 1 is 1.05 bits per heavy atom. The lowest BCUT2D eigenvalue weighted by Crippen LogP contribution is -2.14. The van der Waals surface area contributed by atoms with Gasteiger partial charge in [-0.25, -0.2) is 0 Å². The van der Waals surface area contributed by atoms with Crippen LogP contribution in [0.15, 0.2) is 46.9 Å². The van der Waals surface area contributed by atoms with Gasteiger partial charge in [-0.3, -0.25) is 4.79 Å². The van der Waals surface area contributed by atoms with Crippen LogP contribution in [0.3, 0.4) is 0 Å². The summed E-state index contributed by atoms with van der Waals surface area (Å²) in [5.74, 6) is -0.155. The summed E-state index contributed by atoms with van der Waals surface area (Å²) in [6, 6.07) is 12.7. The molecule has 0 aliphatic heterocycles. The molecule has 0 aromatic heterocycles. The molecule has 1 N–H and O–H groups in total. The quantitative estimate of drug-likeness (QED) is 0.827. The predicted octanol–water partition coefficient (Wildman–Crippen LogP) is 4.94. The maximum atomic E-state index is 11.9. The van der Waals surface area contributed by atoms with Crippen LogP contribution in [0.5, 0.6) is 0 Å². The van der Waals surface area contributed by atoms with Gasteiger partial charge in [0.1, 0.15) is 0 Å². The fourth-order valence-electron chi connectivity index (χ4n) is 1.59. The topological polar surface area (TPSA) is 29.1 Å². The smallest absolute Gasteiger partial charge is 0.228 e. The fraction of sp³-hybridized carbons (Fsp3) is 0.0714. The van der Waals surface area contributed by atoms with Crippen LogP contribution < -0.4 is 5.32 Å². The molecule has 0 saturated carbocycles. The first-order chi connectivity index (χ1) is 9.06. The van der Waals surface area contributed by atoms with Gasteiger partial charge in [-0.1, -0.05) is 57.3 Å². The Bertz CT molecular complexity index is 579. The van der Waals surface area contributed by atoms with E-state index >= 15 is 0 Å². The van der Waals surface area contributed by atoms with Crippen molar-refractivity contribution in [2.45, 2.75) is 6.42 Å². The van der Waals surface area contributed by atoms with Crippen molar-refractivity contribution in [2.75, 3.05) is 5.32 Å². The zero-order valence-corrected chi connectivity index (χ0v) is 12.9. The van der Waals surface area contributed by atoms with Gasteiger partial charge in [-0.15, -0.1) is 0 Å². The van der Waals surface area contributed by atoms with Crippen molar-refractivity contribution in [3.05, 3.63) is 62.5 Å². The molecule has 2 aromatic rings. The molecule has 1 amide bonds. The zero-order chi connectivity index (χ0) is 13.8. The number of carbonyl (C=O) groups excluding carboxylic acids is 1. The zero-order valence-electron chi connectivity index (χ0n) is 9.79. The molecule has 0 heterocycles. The van der Waals surface area contributed by atoms with Gasteiger partial charge in [0.15, 0.2) is 0 Å². The fourth-order valence-corrected chi connectivity index (χ4v) is 2.34. The Kier molecular flexibility index (Phi) is 4.86. The number of benzene rings is 2. The first-order valence-corrected chi connectivity index (χ1v) is 7.09. The summed E-state index contributed by atoms with van der Waals surface area (Å²) < 4.78 is 0.978. The molecule has 19 heavy (non-hydrogen) atoms. The van der Waals surface area contributed by atoms with Crippen molar-refractivity contribution in [2.24, 2.45) is 0 Å². The maximum absolute atomic E-state index is 11.9. The number of halogens is 3. The monoisotopic (exact) mass is 357 g/mol. The molecule has 0 bridgehead atoms. The van der Waals surface area contributed by atoms with Crippen LogP contribution in [0.2, 0.25) is 10.0 Å². The Balaban J connectivity index is 2.07. The average Bonchev–Trinajstić information content (AvgIpc) is 2.37. The van der Waals surface area contributed by atoms with Gasteiger partial charge in [0.25, 0.3) is 0 Å². The van der Waals surface area contributed by atoms with Crippen molar-refractivity contribution < 1.29 is 4.79 Å².